The number of nitrogens with one attached hydrogen (secondary N) is 2. The maximum absolute atomic E-state index is 7.44. The van der Waals surface area contributed by atoms with E-state index in [0.717, 1.165) is 30.5 Å². The SMILES string of the molecule is CC[C@H]1CCC(NC)=C1C(=N)N. The van der Waals surface area contributed by atoms with Crippen molar-refractivity contribution < 1.29 is 0 Å². The molecular formula is C9H17N3. The lowest BCUT2D eigenvalue weighted by Gasteiger charge is -2.11. The van der Waals surface area contributed by atoms with E-state index in [-0.39, 0.29) is 5.84 Å². The van der Waals surface area contributed by atoms with Crippen molar-refractivity contribution in [3.8, 4) is 0 Å². The van der Waals surface area contributed by atoms with E-state index >= 15 is 0 Å². The van der Waals surface area contributed by atoms with Crippen LogP contribution < -0.4 is 11.1 Å². The van der Waals surface area contributed by atoms with Gasteiger partial charge in [-0.3, -0.25) is 5.41 Å². The Kier molecular flexibility index (Phi) is 2.74. The summed E-state index contributed by atoms with van der Waals surface area (Å²) in [5.74, 6) is 0.744. The molecule has 0 fully saturated rings. The Morgan fingerprint density at radius 1 is 1.75 bits per heavy atom. The maximum atomic E-state index is 7.44. The summed E-state index contributed by atoms with van der Waals surface area (Å²) < 4.78 is 0. The van der Waals surface area contributed by atoms with E-state index in [9.17, 15) is 0 Å². The first-order valence-electron chi connectivity index (χ1n) is 4.45. The van der Waals surface area contributed by atoms with Crippen molar-refractivity contribution in [3.05, 3.63) is 11.3 Å². The summed E-state index contributed by atoms with van der Waals surface area (Å²) in [4.78, 5) is 0. The highest BCUT2D eigenvalue weighted by Gasteiger charge is 2.25. The zero-order valence-corrected chi connectivity index (χ0v) is 7.78. The van der Waals surface area contributed by atoms with E-state index in [2.05, 4.69) is 12.2 Å². The normalized spacial score (nSPS) is 23.0. The molecule has 0 unspecified atom stereocenters. The van der Waals surface area contributed by atoms with Gasteiger partial charge in [-0.1, -0.05) is 6.92 Å². The minimum Gasteiger partial charge on any atom is -0.391 e. The van der Waals surface area contributed by atoms with Crippen molar-refractivity contribution >= 4 is 5.84 Å². The molecule has 1 rings (SSSR count). The Hall–Kier alpha value is -0.990. The van der Waals surface area contributed by atoms with E-state index in [1.54, 1.807) is 0 Å². The van der Waals surface area contributed by atoms with Crippen LogP contribution in [0, 0.1) is 11.3 Å². The molecule has 0 spiro atoms. The third-order valence-electron chi connectivity index (χ3n) is 2.56. The Morgan fingerprint density at radius 2 is 2.42 bits per heavy atom. The lowest BCUT2D eigenvalue weighted by molar-refractivity contribution is 0.596. The van der Waals surface area contributed by atoms with Crippen LogP contribution in [0.2, 0.25) is 0 Å². The molecule has 0 saturated carbocycles. The number of rotatable bonds is 3. The van der Waals surface area contributed by atoms with Crippen LogP contribution in [0.5, 0.6) is 0 Å². The van der Waals surface area contributed by atoms with Gasteiger partial charge in [0.25, 0.3) is 0 Å². The van der Waals surface area contributed by atoms with Crippen LogP contribution in [-0.2, 0) is 0 Å². The Balaban J connectivity index is 2.88. The van der Waals surface area contributed by atoms with E-state index in [1.807, 2.05) is 7.05 Å². The van der Waals surface area contributed by atoms with Gasteiger partial charge in [0.15, 0.2) is 0 Å². The van der Waals surface area contributed by atoms with Crippen LogP contribution in [0.3, 0.4) is 0 Å². The minimum atomic E-state index is 0.240. The largest absolute Gasteiger partial charge is 0.391 e. The van der Waals surface area contributed by atoms with Gasteiger partial charge in [-0.05, 0) is 25.2 Å². The zero-order valence-electron chi connectivity index (χ0n) is 7.78. The lowest BCUT2D eigenvalue weighted by atomic mass is 9.98. The van der Waals surface area contributed by atoms with Gasteiger partial charge < -0.3 is 11.1 Å². The van der Waals surface area contributed by atoms with E-state index in [0.29, 0.717) is 5.92 Å². The minimum absolute atomic E-state index is 0.240. The second-order valence-electron chi connectivity index (χ2n) is 3.20. The molecule has 0 heterocycles. The molecule has 12 heavy (non-hydrogen) atoms. The van der Waals surface area contributed by atoms with Crippen molar-refractivity contribution in [2.24, 2.45) is 11.7 Å². The highest BCUT2D eigenvalue weighted by atomic mass is 14.9. The molecule has 0 saturated heterocycles. The van der Waals surface area contributed by atoms with E-state index in [4.69, 9.17) is 11.1 Å². The van der Waals surface area contributed by atoms with E-state index in [1.165, 1.54) is 0 Å². The molecule has 1 aliphatic carbocycles. The summed E-state index contributed by atoms with van der Waals surface area (Å²) in [5, 5.41) is 10.6. The van der Waals surface area contributed by atoms with Crippen molar-refractivity contribution in [1.82, 2.24) is 5.32 Å². The summed E-state index contributed by atoms with van der Waals surface area (Å²) in [6.07, 6.45) is 3.27. The van der Waals surface area contributed by atoms with Crippen molar-refractivity contribution in [2.75, 3.05) is 7.05 Å². The van der Waals surface area contributed by atoms with Gasteiger partial charge in [-0.15, -0.1) is 0 Å². The van der Waals surface area contributed by atoms with Crippen LogP contribution in [-0.4, -0.2) is 12.9 Å². The first-order valence-corrected chi connectivity index (χ1v) is 4.45. The average molecular weight is 167 g/mol. The first kappa shape index (κ1) is 9.10. The van der Waals surface area contributed by atoms with Crippen molar-refractivity contribution in [2.45, 2.75) is 26.2 Å². The average Bonchev–Trinajstić information content (AvgIpc) is 2.46. The summed E-state index contributed by atoms with van der Waals surface area (Å²) in [6, 6.07) is 0. The predicted octanol–water partition coefficient (Wildman–Crippen LogP) is 1.22. The predicted molar refractivity (Wildman–Crippen MR) is 51.0 cm³/mol. The van der Waals surface area contributed by atoms with Crippen molar-refractivity contribution in [3.63, 3.8) is 0 Å². The molecule has 4 N–H and O–H groups in total. The second kappa shape index (κ2) is 3.61. The molecule has 1 aliphatic rings. The third-order valence-corrected chi connectivity index (χ3v) is 2.56. The second-order valence-corrected chi connectivity index (χ2v) is 3.20. The van der Waals surface area contributed by atoms with Gasteiger partial charge in [0.2, 0.25) is 0 Å². The molecule has 68 valence electrons. The highest BCUT2D eigenvalue weighted by Crippen LogP contribution is 2.32. The van der Waals surface area contributed by atoms with Gasteiger partial charge in [-0.25, -0.2) is 0 Å². The highest BCUT2D eigenvalue weighted by molar-refractivity contribution is 5.96. The number of amidine groups is 1. The van der Waals surface area contributed by atoms with Crippen LogP contribution in [0.1, 0.15) is 26.2 Å². The monoisotopic (exact) mass is 167 g/mol. The Labute approximate surface area is 73.5 Å². The third kappa shape index (κ3) is 1.44. The fourth-order valence-corrected chi connectivity index (χ4v) is 1.89. The molecule has 0 aromatic carbocycles. The molecule has 0 bridgehead atoms. The molecule has 0 aromatic rings. The van der Waals surface area contributed by atoms with Gasteiger partial charge in [-0.2, -0.15) is 0 Å². The molecule has 3 nitrogen and oxygen atoms in total. The molecular weight excluding hydrogens is 150 g/mol. The quantitative estimate of drug-likeness (QED) is 0.437. The molecule has 0 radical (unpaired) electrons. The lowest BCUT2D eigenvalue weighted by Crippen LogP contribution is -2.20. The van der Waals surface area contributed by atoms with Crippen LogP contribution in [0.25, 0.3) is 0 Å². The molecule has 1 atom stereocenters. The molecule has 0 amide bonds. The number of hydrogen-bond acceptors (Lipinski definition) is 2. The number of hydrogen-bond donors (Lipinski definition) is 3. The van der Waals surface area contributed by atoms with Crippen LogP contribution in [0.4, 0.5) is 0 Å². The topological polar surface area (TPSA) is 61.9 Å². The number of allylic oxidation sites excluding steroid dienone is 1. The van der Waals surface area contributed by atoms with E-state index < -0.39 is 0 Å². The van der Waals surface area contributed by atoms with Crippen LogP contribution in [0.15, 0.2) is 11.3 Å². The summed E-state index contributed by atoms with van der Waals surface area (Å²) in [7, 11) is 1.90. The Bertz CT molecular complexity index is 218. The molecule has 3 heteroatoms. The molecule has 0 aromatic heterocycles. The van der Waals surface area contributed by atoms with Gasteiger partial charge >= 0.3 is 0 Å². The smallest absolute Gasteiger partial charge is 0.120 e. The number of nitrogens with two attached hydrogens (primary N) is 1. The van der Waals surface area contributed by atoms with Crippen LogP contribution >= 0.6 is 0 Å². The van der Waals surface area contributed by atoms with Gasteiger partial charge in [0.05, 0.1) is 0 Å². The fourth-order valence-electron chi connectivity index (χ4n) is 1.89. The standard InChI is InChI=1S/C9H17N3/c1-3-6-4-5-7(12-2)8(6)9(10)11/h6,12H,3-5H2,1-2H3,(H3,10,11)/t6-/m0/s1. The Morgan fingerprint density at radius 3 is 2.83 bits per heavy atom. The maximum Gasteiger partial charge on any atom is 0.120 e. The molecule has 0 aliphatic heterocycles. The summed E-state index contributed by atoms with van der Waals surface area (Å²) >= 11 is 0. The van der Waals surface area contributed by atoms with Gasteiger partial charge in [0.1, 0.15) is 5.84 Å². The zero-order chi connectivity index (χ0) is 9.14. The summed E-state index contributed by atoms with van der Waals surface area (Å²) in [6.45, 7) is 2.15. The summed E-state index contributed by atoms with van der Waals surface area (Å²) in [5.41, 5.74) is 7.72. The van der Waals surface area contributed by atoms with Crippen molar-refractivity contribution in [1.29, 1.82) is 5.41 Å². The van der Waals surface area contributed by atoms with Gasteiger partial charge in [0, 0.05) is 18.3 Å². The first-order chi connectivity index (χ1) is 5.70. The fraction of sp³-hybridized carbons (Fsp3) is 0.667.